The molecule has 1 aliphatic heterocycles. The van der Waals surface area contributed by atoms with Crippen LogP contribution in [0.3, 0.4) is 0 Å². The smallest absolute Gasteiger partial charge is 0.327 e. The van der Waals surface area contributed by atoms with E-state index in [9.17, 15) is 18.0 Å². The van der Waals surface area contributed by atoms with Crippen molar-refractivity contribution in [1.82, 2.24) is 14.5 Å². The molecule has 9 nitrogen and oxygen atoms in total. The van der Waals surface area contributed by atoms with Crippen LogP contribution < -0.4 is 0 Å². The zero-order valence-electron chi connectivity index (χ0n) is 13.9. The Morgan fingerprint density at radius 2 is 2.00 bits per heavy atom. The van der Waals surface area contributed by atoms with E-state index in [1.54, 1.807) is 12.1 Å². The Balaban J connectivity index is 1.41. The first-order valence-electron chi connectivity index (χ1n) is 7.76. The number of fused-ring (bicyclic) bond motifs is 1. The number of esters is 1. The summed E-state index contributed by atoms with van der Waals surface area (Å²) in [6.45, 7) is -1.08. The Morgan fingerprint density at radius 3 is 2.71 bits per heavy atom. The van der Waals surface area contributed by atoms with Crippen LogP contribution in [0.5, 0.6) is 0 Å². The number of benzene rings is 1. The number of nitrogens with zero attached hydrogens (tertiary/aromatic N) is 3. The highest BCUT2D eigenvalue weighted by Crippen LogP contribution is 2.31. The number of hydrogen-bond acceptors (Lipinski definition) is 9. The van der Waals surface area contributed by atoms with Crippen molar-refractivity contribution in [1.29, 1.82) is 0 Å². The van der Waals surface area contributed by atoms with Crippen LogP contribution in [-0.2, 0) is 26.2 Å². The van der Waals surface area contributed by atoms with Crippen LogP contribution in [0.25, 0.3) is 10.8 Å². The average Bonchev–Trinajstić information content (AvgIpc) is 3.36. The van der Waals surface area contributed by atoms with Gasteiger partial charge in [0, 0.05) is 0 Å². The number of halogens is 1. The minimum Gasteiger partial charge on any atom is -0.454 e. The average molecular weight is 484 g/mol. The lowest BCUT2D eigenvalue weighted by atomic mass is 10.2. The first-order valence-corrected chi connectivity index (χ1v) is 10.8. The number of hydrogen-bond donors (Lipinski definition) is 0. The van der Waals surface area contributed by atoms with Gasteiger partial charge in [-0.3, -0.25) is 9.59 Å². The van der Waals surface area contributed by atoms with Crippen LogP contribution in [0.1, 0.15) is 16.2 Å². The van der Waals surface area contributed by atoms with Crippen molar-refractivity contribution >= 4 is 49.2 Å². The van der Waals surface area contributed by atoms with Gasteiger partial charge in [0.25, 0.3) is 27.7 Å². The van der Waals surface area contributed by atoms with Crippen molar-refractivity contribution in [3.63, 3.8) is 0 Å². The van der Waals surface area contributed by atoms with Gasteiger partial charge in [0.2, 0.25) is 0 Å². The van der Waals surface area contributed by atoms with E-state index in [4.69, 9.17) is 9.15 Å². The zero-order chi connectivity index (χ0) is 19.9. The highest BCUT2D eigenvalue weighted by Gasteiger charge is 2.42. The summed E-state index contributed by atoms with van der Waals surface area (Å²) < 4.78 is 36.6. The lowest BCUT2D eigenvalue weighted by Gasteiger charge is -2.13. The SMILES string of the molecule is O=C(CN1C(=O)c2ccccc2S1(=O)=O)OCc1nnc(-c2ccc(Br)s2)o1. The number of rotatable bonds is 5. The van der Waals surface area contributed by atoms with Gasteiger partial charge in [-0.05, 0) is 40.2 Å². The van der Waals surface area contributed by atoms with Gasteiger partial charge in [-0.25, -0.2) is 12.7 Å². The van der Waals surface area contributed by atoms with Gasteiger partial charge in [-0.2, -0.15) is 0 Å². The van der Waals surface area contributed by atoms with Crippen LogP contribution in [0.2, 0.25) is 0 Å². The van der Waals surface area contributed by atoms with Crippen molar-refractivity contribution < 1.29 is 27.2 Å². The number of amides is 1. The van der Waals surface area contributed by atoms with Crippen molar-refractivity contribution in [3.8, 4) is 10.8 Å². The molecule has 0 bridgehead atoms. The molecule has 0 saturated carbocycles. The molecule has 0 atom stereocenters. The highest BCUT2D eigenvalue weighted by atomic mass is 79.9. The van der Waals surface area contributed by atoms with Crippen LogP contribution in [-0.4, -0.2) is 41.3 Å². The molecule has 3 heterocycles. The second-order valence-corrected chi connectivity index (χ2v) is 9.87. The number of thiophene rings is 1. The standard InChI is InChI=1S/C16H10BrN3O6S2/c17-12-6-5-10(27-12)15-19-18-13(26-15)8-25-14(21)7-20-16(22)9-3-1-2-4-11(9)28(20,23)24/h1-6H,7-8H2. The molecule has 0 saturated heterocycles. The Hall–Kier alpha value is -2.57. The molecule has 0 aliphatic carbocycles. The summed E-state index contributed by atoms with van der Waals surface area (Å²) in [6.07, 6.45) is 0. The van der Waals surface area contributed by atoms with Crippen LogP contribution in [0, 0.1) is 0 Å². The molecule has 28 heavy (non-hydrogen) atoms. The molecule has 1 amide bonds. The third-order valence-electron chi connectivity index (χ3n) is 3.79. The molecule has 2 aromatic heterocycles. The van der Waals surface area contributed by atoms with Crippen molar-refractivity contribution in [3.05, 3.63) is 51.6 Å². The molecule has 0 N–H and O–H groups in total. The Kier molecular flexibility index (Phi) is 4.77. The van der Waals surface area contributed by atoms with Gasteiger partial charge < -0.3 is 9.15 Å². The van der Waals surface area contributed by atoms with E-state index < -0.39 is 28.4 Å². The summed E-state index contributed by atoms with van der Waals surface area (Å²) >= 11 is 4.73. The number of sulfonamides is 1. The van der Waals surface area contributed by atoms with E-state index in [1.165, 1.54) is 29.5 Å². The summed E-state index contributed by atoms with van der Waals surface area (Å²) in [7, 11) is -4.07. The molecule has 0 unspecified atom stereocenters. The molecular formula is C16H10BrN3O6S2. The van der Waals surface area contributed by atoms with Gasteiger partial charge in [-0.15, -0.1) is 21.5 Å². The Labute approximate surface area is 171 Å². The van der Waals surface area contributed by atoms with Crippen molar-refractivity contribution in [2.75, 3.05) is 6.54 Å². The van der Waals surface area contributed by atoms with E-state index in [1.807, 2.05) is 6.07 Å². The van der Waals surface area contributed by atoms with Crippen LogP contribution >= 0.6 is 27.3 Å². The molecule has 1 aromatic carbocycles. The molecular weight excluding hydrogens is 474 g/mol. The zero-order valence-corrected chi connectivity index (χ0v) is 17.1. The molecule has 4 rings (SSSR count). The molecule has 3 aromatic rings. The van der Waals surface area contributed by atoms with Gasteiger partial charge in [0.15, 0.2) is 6.61 Å². The largest absolute Gasteiger partial charge is 0.454 e. The van der Waals surface area contributed by atoms with E-state index in [2.05, 4.69) is 26.1 Å². The number of ether oxygens (including phenoxy) is 1. The fraction of sp³-hybridized carbons (Fsp3) is 0.125. The monoisotopic (exact) mass is 483 g/mol. The second kappa shape index (κ2) is 7.11. The Morgan fingerprint density at radius 1 is 1.21 bits per heavy atom. The summed E-state index contributed by atoms with van der Waals surface area (Å²) in [6, 6.07) is 9.38. The molecule has 0 spiro atoms. The Bertz CT molecular complexity index is 1190. The molecule has 12 heteroatoms. The van der Waals surface area contributed by atoms with Gasteiger partial charge in [0.05, 0.1) is 14.2 Å². The lowest BCUT2D eigenvalue weighted by molar-refractivity contribution is -0.145. The summed E-state index contributed by atoms with van der Waals surface area (Å²) in [5.41, 5.74) is 0.0268. The minimum atomic E-state index is -4.07. The third kappa shape index (κ3) is 3.34. The molecule has 1 aliphatic rings. The summed E-state index contributed by atoms with van der Waals surface area (Å²) in [5.74, 6) is -1.36. The van der Waals surface area contributed by atoms with Crippen LogP contribution in [0.4, 0.5) is 0 Å². The number of carbonyl (C=O) groups excluding carboxylic acids is 2. The quantitative estimate of drug-likeness (QED) is 0.507. The van der Waals surface area contributed by atoms with Gasteiger partial charge in [0.1, 0.15) is 11.4 Å². The lowest BCUT2D eigenvalue weighted by Crippen LogP contribution is -2.35. The number of aromatic nitrogens is 2. The second-order valence-electron chi connectivity index (χ2n) is 5.58. The predicted octanol–water partition coefficient (Wildman–Crippen LogP) is 2.45. The summed E-state index contributed by atoms with van der Waals surface area (Å²) in [5, 5.41) is 7.64. The van der Waals surface area contributed by atoms with E-state index in [0.29, 0.717) is 4.31 Å². The maximum atomic E-state index is 12.4. The van der Waals surface area contributed by atoms with Crippen LogP contribution in [0.15, 0.2) is 49.5 Å². The maximum absolute atomic E-state index is 12.4. The summed E-state index contributed by atoms with van der Waals surface area (Å²) in [4.78, 5) is 25.0. The minimum absolute atomic E-state index is 0.0268. The van der Waals surface area contributed by atoms with E-state index in [0.717, 1.165) is 8.66 Å². The van der Waals surface area contributed by atoms with Gasteiger partial charge >= 0.3 is 5.97 Å². The van der Waals surface area contributed by atoms with E-state index >= 15 is 0 Å². The fourth-order valence-corrected chi connectivity index (χ4v) is 5.35. The maximum Gasteiger partial charge on any atom is 0.327 e. The van der Waals surface area contributed by atoms with Crippen molar-refractivity contribution in [2.45, 2.75) is 11.5 Å². The predicted molar refractivity (Wildman–Crippen MR) is 99.8 cm³/mol. The molecule has 0 fully saturated rings. The van der Waals surface area contributed by atoms with Gasteiger partial charge in [-0.1, -0.05) is 12.1 Å². The molecule has 0 radical (unpaired) electrons. The van der Waals surface area contributed by atoms with Crippen molar-refractivity contribution in [2.24, 2.45) is 0 Å². The first-order chi connectivity index (χ1) is 13.4. The number of carbonyl (C=O) groups is 2. The topological polar surface area (TPSA) is 120 Å². The molecule has 144 valence electrons. The first kappa shape index (κ1) is 18.8. The van der Waals surface area contributed by atoms with E-state index in [-0.39, 0.29) is 28.8 Å². The highest BCUT2D eigenvalue weighted by molar-refractivity contribution is 9.11. The fourth-order valence-electron chi connectivity index (χ4n) is 2.53. The normalized spacial score (nSPS) is 14.9. The third-order valence-corrected chi connectivity index (χ3v) is 7.19.